The molecule has 1 saturated heterocycles. The van der Waals surface area contributed by atoms with Crippen LogP contribution < -0.4 is 10.6 Å². The standard InChI is InChI=1S/C15H16ClF3N6OS/c1-14(4-5-25(3)12(14)26)11-22-8(16)10(27-11)24-13-21-6-7(15(17,18)19)9(20-2)23-13/h6H,4-5H2,1-3H3,(H2,20,21,23,24)/t14-/m0/s1/i1D3,3D3. The number of nitrogens with zero attached hydrogens (tertiary/aromatic N) is 4. The van der Waals surface area contributed by atoms with Gasteiger partial charge in [-0.1, -0.05) is 22.9 Å². The lowest BCUT2D eigenvalue weighted by Gasteiger charge is -2.18. The van der Waals surface area contributed by atoms with Crippen LogP contribution in [-0.4, -0.2) is 46.3 Å². The maximum atomic E-state index is 13.0. The molecular weight excluding hydrogens is 405 g/mol. The number of hydrogen-bond donors (Lipinski definition) is 2. The van der Waals surface area contributed by atoms with Gasteiger partial charge in [-0.3, -0.25) is 4.79 Å². The van der Waals surface area contributed by atoms with Crippen LogP contribution in [0.1, 0.15) is 32.1 Å². The molecule has 1 aliphatic rings. The summed E-state index contributed by atoms with van der Waals surface area (Å²) >= 11 is 6.75. The van der Waals surface area contributed by atoms with Gasteiger partial charge in [0.15, 0.2) is 5.15 Å². The molecule has 27 heavy (non-hydrogen) atoms. The second-order valence-electron chi connectivity index (χ2n) is 5.58. The summed E-state index contributed by atoms with van der Waals surface area (Å²) in [5, 5.41) is 4.31. The first-order valence-corrected chi connectivity index (χ1v) is 8.59. The molecule has 2 aromatic heterocycles. The summed E-state index contributed by atoms with van der Waals surface area (Å²) in [5.41, 5.74) is -3.35. The van der Waals surface area contributed by atoms with Crippen LogP contribution in [0.5, 0.6) is 0 Å². The number of aromatic nitrogens is 3. The fraction of sp³-hybridized carbons (Fsp3) is 0.467. The first kappa shape index (κ1) is 13.1. The summed E-state index contributed by atoms with van der Waals surface area (Å²) < 4.78 is 85.4. The molecule has 0 saturated carbocycles. The molecule has 1 aliphatic heterocycles. The van der Waals surface area contributed by atoms with Gasteiger partial charge in [0.1, 0.15) is 21.4 Å². The number of halogens is 4. The van der Waals surface area contributed by atoms with Crippen LogP contribution in [0.2, 0.25) is 5.15 Å². The second-order valence-corrected chi connectivity index (χ2v) is 6.94. The van der Waals surface area contributed by atoms with Crippen LogP contribution >= 0.6 is 22.9 Å². The molecule has 0 aromatic carbocycles. The van der Waals surface area contributed by atoms with Gasteiger partial charge in [0.25, 0.3) is 0 Å². The average Bonchev–Trinajstić information content (AvgIpc) is 3.21. The SMILES string of the molecule is [2H]C([2H])([2H])N1CC[C@](c2nc(Cl)c(Nc3ncc(C(F)(F)F)c(NC)n3)s2)(C([2H])([2H])[2H])C1=O. The Morgan fingerprint density at radius 3 is 2.81 bits per heavy atom. The van der Waals surface area contributed by atoms with Crippen molar-refractivity contribution >= 4 is 45.6 Å². The number of anilines is 3. The summed E-state index contributed by atoms with van der Waals surface area (Å²) in [6.45, 7) is -6.13. The van der Waals surface area contributed by atoms with Crippen molar-refractivity contribution in [3.63, 3.8) is 0 Å². The van der Waals surface area contributed by atoms with Gasteiger partial charge >= 0.3 is 6.18 Å². The van der Waals surface area contributed by atoms with Crippen molar-refractivity contribution in [1.82, 2.24) is 19.9 Å². The van der Waals surface area contributed by atoms with E-state index in [0.29, 0.717) is 22.4 Å². The van der Waals surface area contributed by atoms with Crippen LogP contribution in [0.25, 0.3) is 0 Å². The Bertz CT molecular complexity index is 1080. The fourth-order valence-corrected chi connectivity index (χ4v) is 3.68. The number of amides is 1. The van der Waals surface area contributed by atoms with Gasteiger partial charge in [0, 0.05) is 35.0 Å². The minimum absolute atomic E-state index is 0.0303. The molecule has 0 unspecified atom stereocenters. The highest BCUT2D eigenvalue weighted by Crippen LogP contribution is 2.42. The molecule has 12 heteroatoms. The number of rotatable bonds is 4. The van der Waals surface area contributed by atoms with E-state index in [4.69, 9.17) is 19.8 Å². The third-order valence-corrected chi connectivity index (χ3v) is 5.35. The highest BCUT2D eigenvalue weighted by atomic mass is 35.5. The molecule has 3 heterocycles. The molecule has 1 fully saturated rings. The van der Waals surface area contributed by atoms with Gasteiger partial charge in [-0.15, -0.1) is 0 Å². The van der Waals surface area contributed by atoms with Crippen LogP contribution in [0.15, 0.2) is 6.20 Å². The zero-order valence-electron chi connectivity index (χ0n) is 19.6. The molecule has 0 spiro atoms. The zero-order chi connectivity index (χ0) is 25.0. The number of likely N-dealkylation sites (tertiary alicyclic amines) is 1. The highest BCUT2D eigenvalue weighted by Gasteiger charge is 2.45. The summed E-state index contributed by atoms with van der Waals surface area (Å²) in [7, 11) is 1.24. The van der Waals surface area contributed by atoms with E-state index < -0.39 is 42.7 Å². The molecule has 2 N–H and O–H groups in total. The Morgan fingerprint density at radius 1 is 1.44 bits per heavy atom. The van der Waals surface area contributed by atoms with Crippen molar-refractivity contribution in [2.75, 3.05) is 31.2 Å². The van der Waals surface area contributed by atoms with Crippen molar-refractivity contribution < 1.29 is 26.2 Å². The number of nitrogens with one attached hydrogen (secondary N) is 2. The third kappa shape index (κ3) is 3.53. The first-order chi connectivity index (χ1) is 15.0. The van der Waals surface area contributed by atoms with Gasteiger partial charge in [-0.25, -0.2) is 9.97 Å². The van der Waals surface area contributed by atoms with E-state index in [1.807, 2.05) is 0 Å². The normalized spacial score (nSPS) is 24.5. The van der Waals surface area contributed by atoms with Gasteiger partial charge in [-0.2, -0.15) is 18.2 Å². The summed E-state index contributed by atoms with van der Waals surface area (Å²) in [6.07, 6.45) is -4.49. The van der Waals surface area contributed by atoms with Crippen LogP contribution in [0.3, 0.4) is 0 Å². The van der Waals surface area contributed by atoms with Crippen LogP contribution in [0, 0.1) is 0 Å². The maximum Gasteiger partial charge on any atom is 0.421 e. The largest absolute Gasteiger partial charge is 0.421 e. The molecule has 146 valence electrons. The minimum atomic E-state index is -4.70. The Hall–Kier alpha value is -2.14. The molecule has 0 aliphatic carbocycles. The predicted octanol–water partition coefficient (Wildman–Crippen LogP) is 3.51. The van der Waals surface area contributed by atoms with E-state index in [-0.39, 0.29) is 34.1 Å². The lowest BCUT2D eigenvalue weighted by Crippen LogP contribution is -2.33. The Labute approximate surface area is 170 Å². The molecule has 3 rings (SSSR count). The van der Waals surface area contributed by atoms with Gasteiger partial charge in [0.05, 0.1) is 5.41 Å². The number of carbonyl (C=O) groups excluding carboxylic acids is 1. The van der Waals surface area contributed by atoms with Crippen molar-refractivity contribution in [2.45, 2.75) is 24.9 Å². The predicted molar refractivity (Wildman–Crippen MR) is 96.6 cm³/mol. The van der Waals surface area contributed by atoms with Crippen molar-refractivity contribution in [1.29, 1.82) is 0 Å². The number of thiazole rings is 1. The number of likely N-dealkylation sites (N-methyl/N-ethyl adjacent to an activating group) is 1. The van der Waals surface area contributed by atoms with E-state index in [9.17, 15) is 18.0 Å². The summed E-state index contributed by atoms with van der Waals surface area (Å²) in [5.74, 6) is -1.95. The van der Waals surface area contributed by atoms with Gasteiger partial charge in [0.2, 0.25) is 11.9 Å². The van der Waals surface area contributed by atoms with Crippen molar-refractivity contribution in [3.05, 3.63) is 21.9 Å². The summed E-state index contributed by atoms with van der Waals surface area (Å²) in [4.78, 5) is 24.8. The van der Waals surface area contributed by atoms with E-state index in [1.165, 1.54) is 7.05 Å². The van der Waals surface area contributed by atoms with Crippen molar-refractivity contribution in [3.8, 4) is 0 Å². The lowest BCUT2D eigenvalue weighted by atomic mass is 9.90. The average molecular weight is 427 g/mol. The monoisotopic (exact) mass is 426 g/mol. The Balaban J connectivity index is 2.01. The Morgan fingerprint density at radius 2 is 2.22 bits per heavy atom. The zero-order valence-corrected chi connectivity index (χ0v) is 15.2. The lowest BCUT2D eigenvalue weighted by molar-refractivity contribution is -0.137. The topological polar surface area (TPSA) is 83.0 Å². The second kappa shape index (κ2) is 6.79. The van der Waals surface area contributed by atoms with Crippen LogP contribution in [0.4, 0.5) is 29.9 Å². The van der Waals surface area contributed by atoms with Crippen LogP contribution in [-0.2, 0) is 16.4 Å². The number of carbonyl (C=O) groups is 1. The molecule has 1 amide bonds. The fourth-order valence-electron chi connectivity index (χ4n) is 2.42. The third-order valence-electron chi connectivity index (χ3n) is 3.83. The molecule has 2 aromatic rings. The molecular formula is C15H16ClF3N6OS. The summed E-state index contributed by atoms with van der Waals surface area (Å²) in [6, 6.07) is 0. The Kier molecular flexibility index (Phi) is 3.30. The molecule has 7 nitrogen and oxygen atoms in total. The molecule has 1 atom stereocenters. The molecule has 0 bridgehead atoms. The van der Waals surface area contributed by atoms with E-state index in [0.717, 1.165) is 0 Å². The van der Waals surface area contributed by atoms with E-state index in [2.05, 4.69) is 25.6 Å². The molecule has 0 radical (unpaired) electrons. The maximum absolute atomic E-state index is 13.0. The van der Waals surface area contributed by atoms with Gasteiger partial charge in [-0.05, 0) is 13.3 Å². The minimum Gasteiger partial charge on any atom is -0.372 e. The number of hydrogen-bond acceptors (Lipinski definition) is 7. The van der Waals surface area contributed by atoms with Gasteiger partial charge < -0.3 is 15.5 Å². The van der Waals surface area contributed by atoms with Crippen molar-refractivity contribution in [2.24, 2.45) is 0 Å². The van der Waals surface area contributed by atoms with E-state index >= 15 is 0 Å². The smallest absolute Gasteiger partial charge is 0.372 e. The quantitative estimate of drug-likeness (QED) is 0.778. The highest BCUT2D eigenvalue weighted by molar-refractivity contribution is 7.16. The first-order valence-electron chi connectivity index (χ1n) is 10.4. The number of alkyl halides is 3. The van der Waals surface area contributed by atoms with E-state index in [1.54, 1.807) is 0 Å².